The summed E-state index contributed by atoms with van der Waals surface area (Å²) in [4.78, 5) is 20.9. The van der Waals surface area contributed by atoms with Crippen LogP contribution in [0.3, 0.4) is 0 Å². The Hall–Kier alpha value is -2.78. The SMILES string of the molecule is COc1ccc(C(=O)N(CCN(C)C)c2nc3c(F)cc(F)cc3s2)cc1OC. The summed E-state index contributed by atoms with van der Waals surface area (Å²) in [7, 11) is 6.76. The molecule has 6 nitrogen and oxygen atoms in total. The van der Waals surface area contributed by atoms with E-state index in [2.05, 4.69) is 4.98 Å². The molecule has 0 saturated heterocycles. The normalized spacial score (nSPS) is 11.1. The summed E-state index contributed by atoms with van der Waals surface area (Å²) in [5.74, 6) is -0.845. The lowest BCUT2D eigenvalue weighted by molar-refractivity contribution is 0.0985. The van der Waals surface area contributed by atoms with E-state index in [4.69, 9.17) is 9.47 Å². The van der Waals surface area contributed by atoms with Gasteiger partial charge in [-0.15, -0.1) is 0 Å². The number of anilines is 1. The molecule has 154 valence electrons. The number of benzene rings is 2. The van der Waals surface area contributed by atoms with Crippen molar-refractivity contribution in [3.8, 4) is 11.5 Å². The topological polar surface area (TPSA) is 54.9 Å². The molecular weight excluding hydrogens is 400 g/mol. The molecule has 0 aliphatic rings. The number of carbonyl (C=O) groups excluding carboxylic acids is 1. The molecule has 0 saturated carbocycles. The van der Waals surface area contributed by atoms with Crippen LogP contribution in [-0.2, 0) is 0 Å². The van der Waals surface area contributed by atoms with Gasteiger partial charge in [-0.1, -0.05) is 11.3 Å². The summed E-state index contributed by atoms with van der Waals surface area (Å²) >= 11 is 1.07. The van der Waals surface area contributed by atoms with Gasteiger partial charge in [0, 0.05) is 24.7 Å². The van der Waals surface area contributed by atoms with E-state index in [1.807, 2.05) is 19.0 Å². The molecule has 9 heteroatoms. The molecule has 1 amide bonds. The lowest BCUT2D eigenvalue weighted by Crippen LogP contribution is -2.36. The molecule has 2 aromatic carbocycles. The van der Waals surface area contributed by atoms with Gasteiger partial charge in [-0.2, -0.15) is 0 Å². The fourth-order valence-electron chi connectivity index (χ4n) is 2.77. The molecule has 0 N–H and O–H groups in total. The van der Waals surface area contributed by atoms with Crippen LogP contribution < -0.4 is 14.4 Å². The number of hydrogen-bond donors (Lipinski definition) is 0. The highest BCUT2D eigenvalue weighted by atomic mass is 32.1. The summed E-state index contributed by atoms with van der Waals surface area (Å²) < 4.78 is 38.5. The molecule has 0 radical (unpaired) electrons. The molecular formula is C20H21F2N3O3S. The van der Waals surface area contributed by atoms with Crippen LogP contribution >= 0.6 is 11.3 Å². The second-order valence-electron chi connectivity index (χ2n) is 6.56. The van der Waals surface area contributed by atoms with Crippen LogP contribution in [0.1, 0.15) is 10.4 Å². The fourth-order valence-corrected chi connectivity index (χ4v) is 3.80. The lowest BCUT2D eigenvalue weighted by atomic mass is 10.1. The maximum atomic E-state index is 14.1. The first-order valence-corrected chi connectivity index (χ1v) is 9.60. The lowest BCUT2D eigenvalue weighted by Gasteiger charge is -2.22. The number of aromatic nitrogens is 1. The zero-order chi connectivity index (χ0) is 21.1. The number of carbonyl (C=O) groups is 1. The highest BCUT2D eigenvalue weighted by Crippen LogP contribution is 2.33. The maximum absolute atomic E-state index is 14.1. The maximum Gasteiger partial charge on any atom is 0.260 e. The monoisotopic (exact) mass is 421 g/mol. The van der Waals surface area contributed by atoms with Crippen molar-refractivity contribution in [1.29, 1.82) is 0 Å². The third-order valence-electron chi connectivity index (χ3n) is 4.28. The van der Waals surface area contributed by atoms with Crippen molar-refractivity contribution in [3.63, 3.8) is 0 Å². The number of thiazole rings is 1. The van der Waals surface area contributed by atoms with E-state index in [-0.39, 0.29) is 11.4 Å². The van der Waals surface area contributed by atoms with Crippen molar-refractivity contribution < 1.29 is 23.0 Å². The van der Waals surface area contributed by atoms with Crippen molar-refractivity contribution >= 4 is 32.6 Å². The highest BCUT2D eigenvalue weighted by molar-refractivity contribution is 7.22. The van der Waals surface area contributed by atoms with Gasteiger partial charge in [-0.25, -0.2) is 13.8 Å². The molecule has 0 aliphatic carbocycles. The molecule has 1 aromatic heterocycles. The van der Waals surface area contributed by atoms with Gasteiger partial charge in [0.05, 0.1) is 18.9 Å². The molecule has 1 heterocycles. The molecule has 3 aromatic rings. The Balaban J connectivity index is 2.03. The second-order valence-corrected chi connectivity index (χ2v) is 7.57. The summed E-state index contributed by atoms with van der Waals surface area (Å²) in [5.41, 5.74) is 0.411. The third-order valence-corrected chi connectivity index (χ3v) is 5.30. The minimum atomic E-state index is -0.756. The molecule has 0 spiro atoms. The average molecular weight is 421 g/mol. The van der Waals surface area contributed by atoms with Gasteiger partial charge in [0.15, 0.2) is 22.4 Å². The Kier molecular flexibility index (Phi) is 6.29. The number of ether oxygens (including phenoxy) is 2. The number of hydrogen-bond acceptors (Lipinski definition) is 6. The van der Waals surface area contributed by atoms with E-state index in [0.29, 0.717) is 40.0 Å². The van der Waals surface area contributed by atoms with Crippen molar-refractivity contribution in [3.05, 3.63) is 47.5 Å². The Bertz CT molecular complexity index is 1040. The number of nitrogens with zero attached hydrogens (tertiary/aromatic N) is 3. The number of likely N-dealkylation sites (N-methyl/N-ethyl adjacent to an activating group) is 1. The van der Waals surface area contributed by atoms with Crippen LogP contribution in [-0.4, -0.2) is 57.2 Å². The van der Waals surface area contributed by atoms with Gasteiger partial charge in [0.25, 0.3) is 5.91 Å². The Morgan fingerprint density at radius 1 is 1.07 bits per heavy atom. The second kappa shape index (κ2) is 8.71. The third kappa shape index (κ3) is 4.46. The number of amides is 1. The smallest absolute Gasteiger partial charge is 0.260 e. The van der Waals surface area contributed by atoms with E-state index >= 15 is 0 Å². The van der Waals surface area contributed by atoms with Crippen molar-refractivity contribution in [2.75, 3.05) is 46.3 Å². The summed E-state index contributed by atoms with van der Waals surface area (Å²) in [6.45, 7) is 0.885. The van der Waals surface area contributed by atoms with Gasteiger partial charge in [0.1, 0.15) is 11.3 Å². The summed E-state index contributed by atoms with van der Waals surface area (Å²) in [6, 6.07) is 6.84. The minimum Gasteiger partial charge on any atom is -0.493 e. The molecule has 0 unspecified atom stereocenters. The van der Waals surface area contributed by atoms with Crippen LogP contribution in [0.15, 0.2) is 30.3 Å². The van der Waals surface area contributed by atoms with Crippen LogP contribution in [0.5, 0.6) is 11.5 Å². The highest BCUT2D eigenvalue weighted by Gasteiger charge is 2.23. The van der Waals surface area contributed by atoms with Gasteiger partial charge < -0.3 is 14.4 Å². The Morgan fingerprint density at radius 3 is 2.45 bits per heavy atom. The van der Waals surface area contributed by atoms with Crippen molar-refractivity contribution in [1.82, 2.24) is 9.88 Å². The van der Waals surface area contributed by atoms with Gasteiger partial charge >= 0.3 is 0 Å². The molecule has 0 bridgehead atoms. The predicted octanol–water partition coefficient (Wildman–Crippen LogP) is 3.80. The quantitative estimate of drug-likeness (QED) is 0.581. The number of halogens is 2. The van der Waals surface area contributed by atoms with Crippen LogP contribution in [0.25, 0.3) is 10.2 Å². The van der Waals surface area contributed by atoms with E-state index in [1.165, 1.54) is 25.2 Å². The summed E-state index contributed by atoms with van der Waals surface area (Å²) in [5, 5.41) is 0.297. The Morgan fingerprint density at radius 2 is 1.79 bits per heavy atom. The number of fused-ring (bicyclic) bond motifs is 1. The van der Waals surface area contributed by atoms with Gasteiger partial charge in [0.2, 0.25) is 0 Å². The first-order valence-electron chi connectivity index (χ1n) is 8.78. The first kappa shape index (κ1) is 20.9. The van der Waals surface area contributed by atoms with Crippen molar-refractivity contribution in [2.24, 2.45) is 0 Å². The van der Waals surface area contributed by atoms with E-state index < -0.39 is 11.6 Å². The fraction of sp³-hybridized carbons (Fsp3) is 0.300. The molecule has 3 rings (SSSR count). The van der Waals surface area contributed by atoms with Gasteiger partial charge in [-0.05, 0) is 38.4 Å². The van der Waals surface area contributed by atoms with E-state index in [1.54, 1.807) is 18.2 Å². The average Bonchev–Trinajstić information content (AvgIpc) is 3.11. The zero-order valence-electron chi connectivity index (χ0n) is 16.5. The van der Waals surface area contributed by atoms with Crippen LogP contribution in [0.2, 0.25) is 0 Å². The van der Waals surface area contributed by atoms with Crippen LogP contribution in [0, 0.1) is 11.6 Å². The molecule has 29 heavy (non-hydrogen) atoms. The van der Waals surface area contributed by atoms with E-state index in [9.17, 15) is 13.6 Å². The molecule has 0 atom stereocenters. The summed E-state index contributed by atoms with van der Waals surface area (Å²) in [6.07, 6.45) is 0. The number of rotatable bonds is 7. The number of methoxy groups -OCH3 is 2. The minimum absolute atomic E-state index is 0.0429. The van der Waals surface area contributed by atoms with E-state index in [0.717, 1.165) is 17.4 Å². The first-order chi connectivity index (χ1) is 13.8. The van der Waals surface area contributed by atoms with Crippen LogP contribution in [0.4, 0.5) is 13.9 Å². The van der Waals surface area contributed by atoms with Gasteiger partial charge in [-0.3, -0.25) is 9.69 Å². The standard InChI is InChI=1S/C20H21F2N3O3S/c1-24(2)7-8-25(19(26)12-5-6-15(27-3)16(9-12)28-4)20-23-18-14(22)10-13(21)11-17(18)29-20/h5-6,9-11H,7-8H2,1-4H3. The van der Waals surface area contributed by atoms with Crippen molar-refractivity contribution in [2.45, 2.75) is 0 Å². The largest absolute Gasteiger partial charge is 0.493 e. The molecule has 0 fully saturated rings. The Labute approximate surface area is 171 Å². The zero-order valence-corrected chi connectivity index (χ0v) is 17.3. The molecule has 0 aliphatic heterocycles. The predicted molar refractivity (Wildman–Crippen MR) is 109 cm³/mol.